The molecule has 3 N–H and O–H groups in total. The van der Waals surface area contributed by atoms with Gasteiger partial charge in [0.15, 0.2) is 0 Å². The van der Waals surface area contributed by atoms with Crippen LogP contribution in [0.4, 0.5) is 18.9 Å². The van der Waals surface area contributed by atoms with Gasteiger partial charge in [-0.1, -0.05) is 6.07 Å². The highest BCUT2D eigenvalue weighted by Crippen LogP contribution is 2.39. The van der Waals surface area contributed by atoms with Gasteiger partial charge >= 0.3 is 6.18 Å². The average Bonchev–Trinajstić information content (AvgIpc) is 2.13. The van der Waals surface area contributed by atoms with Gasteiger partial charge in [0.2, 0.25) is 0 Å². The molecule has 0 aliphatic carbocycles. The molecule has 0 saturated heterocycles. The first-order valence-electron chi connectivity index (χ1n) is 4.41. The number of hydrogen-bond donors (Lipinski definition) is 2. The summed E-state index contributed by atoms with van der Waals surface area (Å²) in [6.45, 7) is 0. The zero-order valence-electron chi connectivity index (χ0n) is 8.25. The fourth-order valence-electron chi connectivity index (χ4n) is 1.59. The summed E-state index contributed by atoms with van der Waals surface area (Å²) < 4.78 is 62.5. The van der Waals surface area contributed by atoms with Gasteiger partial charge < -0.3 is 5.73 Å². The van der Waals surface area contributed by atoms with Gasteiger partial charge in [0, 0.05) is 5.56 Å². The van der Waals surface area contributed by atoms with Gasteiger partial charge in [0.05, 0.1) is 22.4 Å². The van der Waals surface area contributed by atoms with Crippen molar-refractivity contribution >= 4 is 21.4 Å². The Bertz CT molecular complexity index is 605. The number of alkyl halides is 3. The molecule has 0 radical (unpaired) electrons. The van der Waals surface area contributed by atoms with Gasteiger partial charge in [-0.2, -0.15) is 13.2 Å². The molecule has 0 saturated carbocycles. The highest BCUT2D eigenvalue weighted by atomic mass is 32.2. The summed E-state index contributed by atoms with van der Waals surface area (Å²) in [5.74, 6) is 0. The van der Waals surface area contributed by atoms with Gasteiger partial charge in [0.25, 0.3) is 10.0 Å². The fraction of sp³-hybridized carbons (Fsp3) is 0.111. The minimum absolute atomic E-state index is 0.167. The molecule has 92 valence electrons. The van der Waals surface area contributed by atoms with Gasteiger partial charge in [-0.25, -0.2) is 8.42 Å². The van der Waals surface area contributed by atoms with Crippen LogP contribution < -0.4 is 10.5 Å². The molecule has 1 heterocycles. The van der Waals surface area contributed by atoms with Crippen LogP contribution in [0, 0.1) is 0 Å². The van der Waals surface area contributed by atoms with Crippen LogP contribution in [0.5, 0.6) is 0 Å². The molecule has 1 aromatic rings. The molecule has 4 nitrogen and oxygen atoms in total. The normalized spacial score (nSPS) is 17.9. The van der Waals surface area contributed by atoms with E-state index in [-0.39, 0.29) is 11.3 Å². The maximum absolute atomic E-state index is 12.7. The zero-order chi connectivity index (χ0) is 12.8. The van der Waals surface area contributed by atoms with Crippen LogP contribution >= 0.6 is 0 Å². The lowest BCUT2D eigenvalue weighted by Gasteiger charge is -2.21. The molecule has 1 aliphatic heterocycles. The Morgan fingerprint density at radius 2 is 1.88 bits per heavy atom. The lowest BCUT2D eigenvalue weighted by atomic mass is 10.0. The van der Waals surface area contributed by atoms with Crippen molar-refractivity contribution in [3.63, 3.8) is 0 Å². The maximum Gasteiger partial charge on any atom is 0.417 e. The third kappa shape index (κ3) is 2.07. The minimum atomic E-state index is -4.59. The number of rotatable bonds is 0. The number of benzene rings is 1. The number of fused-ring (bicyclic) bond motifs is 1. The molecule has 1 aliphatic rings. The molecule has 0 spiro atoms. The maximum atomic E-state index is 12.7. The van der Waals surface area contributed by atoms with E-state index >= 15 is 0 Å². The Morgan fingerprint density at radius 1 is 1.24 bits per heavy atom. The van der Waals surface area contributed by atoms with Crippen molar-refractivity contribution in [3.8, 4) is 0 Å². The average molecular weight is 264 g/mol. The van der Waals surface area contributed by atoms with E-state index in [0.717, 1.165) is 12.1 Å². The largest absolute Gasteiger partial charge is 0.417 e. The highest BCUT2D eigenvalue weighted by molar-refractivity contribution is 7.95. The summed E-state index contributed by atoms with van der Waals surface area (Å²) in [5, 5.41) is 0.574. The predicted molar refractivity (Wildman–Crippen MR) is 56.2 cm³/mol. The molecular formula is C9H7F3N2O2S. The Balaban J connectivity index is 2.74. The summed E-state index contributed by atoms with van der Waals surface area (Å²) in [5.41, 5.74) is 3.47. The minimum Gasteiger partial charge on any atom is -0.398 e. The number of halogens is 3. The molecule has 0 aromatic heterocycles. The standard InChI is InChI=1S/C9H7F3N2O2S/c10-9(11,12)5-2-1-3-7-8(5)6(13)4-17(15,16)14-7/h1-4,14H,13H2. The molecule has 0 amide bonds. The molecule has 17 heavy (non-hydrogen) atoms. The van der Waals surface area contributed by atoms with Crippen molar-refractivity contribution in [2.45, 2.75) is 6.18 Å². The first kappa shape index (κ1) is 11.8. The van der Waals surface area contributed by atoms with E-state index < -0.39 is 27.5 Å². The molecule has 2 rings (SSSR count). The predicted octanol–water partition coefficient (Wildman–Crippen LogP) is 1.72. The van der Waals surface area contributed by atoms with Crippen LogP contribution in [-0.4, -0.2) is 8.42 Å². The quantitative estimate of drug-likeness (QED) is 0.749. The van der Waals surface area contributed by atoms with Crippen LogP contribution in [0.15, 0.2) is 23.6 Å². The van der Waals surface area contributed by atoms with Gasteiger partial charge in [-0.05, 0) is 12.1 Å². The van der Waals surface area contributed by atoms with E-state index in [4.69, 9.17) is 5.73 Å². The van der Waals surface area contributed by atoms with Crippen molar-refractivity contribution in [1.29, 1.82) is 0 Å². The number of nitrogens with two attached hydrogens (primary N) is 1. The molecule has 8 heteroatoms. The molecule has 0 unspecified atom stereocenters. The molecule has 0 atom stereocenters. The number of hydrogen-bond acceptors (Lipinski definition) is 3. The van der Waals surface area contributed by atoms with E-state index in [9.17, 15) is 21.6 Å². The SMILES string of the molecule is NC1=CS(=O)(=O)Nc2cccc(C(F)(F)F)c21. The highest BCUT2D eigenvalue weighted by Gasteiger charge is 2.36. The second-order valence-corrected chi connectivity index (χ2v) is 4.98. The first-order valence-corrected chi connectivity index (χ1v) is 5.96. The monoisotopic (exact) mass is 264 g/mol. The summed E-state index contributed by atoms with van der Waals surface area (Å²) in [4.78, 5) is 0. The van der Waals surface area contributed by atoms with Crippen molar-refractivity contribution in [1.82, 2.24) is 0 Å². The summed E-state index contributed by atoms with van der Waals surface area (Å²) in [6, 6.07) is 3.18. The lowest BCUT2D eigenvalue weighted by molar-refractivity contribution is -0.137. The number of sulfonamides is 1. The lowest BCUT2D eigenvalue weighted by Crippen LogP contribution is -2.22. The molecule has 1 aromatic carbocycles. The Morgan fingerprint density at radius 3 is 2.47 bits per heavy atom. The number of nitrogens with one attached hydrogen (secondary N) is 1. The second-order valence-electron chi connectivity index (χ2n) is 3.45. The van der Waals surface area contributed by atoms with Crippen molar-refractivity contribution in [2.75, 3.05) is 4.72 Å². The summed E-state index contributed by atoms with van der Waals surface area (Å²) in [7, 11) is -3.81. The second kappa shape index (κ2) is 3.39. The van der Waals surface area contributed by atoms with Crippen molar-refractivity contribution in [2.24, 2.45) is 5.73 Å². The summed E-state index contributed by atoms with van der Waals surface area (Å²) in [6.07, 6.45) is -4.59. The van der Waals surface area contributed by atoms with Crippen LogP contribution in [-0.2, 0) is 16.2 Å². The molecular weight excluding hydrogens is 257 g/mol. The Hall–Kier alpha value is -1.70. The van der Waals surface area contributed by atoms with Gasteiger partial charge in [-0.3, -0.25) is 4.72 Å². The van der Waals surface area contributed by atoms with E-state index in [1.54, 1.807) is 0 Å². The topological polar surface area (TPSA) is 72.2 Å². The van der Waals surface area contributed by atoms with E-state index in [2.05, 4.69) is 0 Å². The molecule has 0 bridgehead atoms. The van der Waals surface area contributed by atoms with Crippen LogP contribution in [0.3, 0.4) is 0 Å². The van der Waals surface area contributed by atoms with E-state index in [1.165, 1.54) is 6.07 Å². The van der Waals surface area contributed by atoms with E-state index in [1.807, 2.05) is 4.72 Å². The third-order valence-electron chi connectivity index (χ3n) is 2.19. The van der Waals surface area contributed by atoms with Gasteiger partial charge in [-0.15, -0.1) is 0 Å². The number of anilines is 1. The summed E-state index contributed by atoms with van der Waals surface area (Å²) >= 11 is 0. The third-order valence-corrected chi connectivity index (χ3v) is 3.26. The Kier molecular flexibility index (Phi) is 2.35. The van der Waals surface area contributed by atoms with Gasteiger partial charge in [0.1, 0.15) is 0 Å². The fourth-order valence-corrected chi connectivity index (χ4v) is 2.58. The van der Waals surface area contributed by atoms with Crippen LogP contribution in [0.1, 0.15) is 11.1 Å². The zero-order valence-corrected chi connectivity index (χ0v) is 9.06. The van der Waals surface area contributed by atoms with E-state index in [0.29, 0.717) is 5.41 Å². The smallest absolute Gasteiger partial charge is 0.398 e. The molecule has 0 fully saturated rings. The van der Waals surface area contributed by atoms with Crippen molar-refractivity contribution in [3.05, 3.63) is 34.7 Å². The van der Waals surface area contributed by atoms with Crippen molar-refractivity contribution < 1.29 is 21.6 Å². The van der Waals surface area contributed by atoms with Crippen LogP contribution in [0.2, 0.25) is 0 Å². The van der Waals surface area contributed by atoms with Crippen LogP contribution in [0.25, 0.3) is 5.70 Å². The first-order chi connectivity index (χ1) is 7.71. The Labute approximate surface area is 95.0 Å².